The molecule has 7 heteroatoms. The van der Waals surface area contributed by atoms with E-state index in [0.717, 1.165) is 29.8 Å². The second-order valence-electron chi connectivity index (χ2n) is 5.31. The molecule has 0 spiro atoms. The van der Waals surface area contributed by atoms with Crippen LogP contribution in [0, 0.1) is 5.41 Å². The molecule has 1 aliphatic carbocycles. The minimum atomic E-state index is -0.208. The number of pyridine rings is 1. The third-order valence-corrected chi connectivity index (χ3v) is 3.78. The smallest absolute Gasteiger partial charge is 0.248 e. The molecule has 1 aromatic heterocycles. The van der Waals surface area contributed by atoms with Crippen LogP contribution in [-0.4, -0.2) is 16.7 Å². The molecular formula is C16H18ClN5O. The van der Waals surface area contributed by atoms with Gasteiger partial charge in [0.15, 0.2) is 0 Å². The van der Waals surface area contributed by atoms with Crippen LogP contribution in [0.4, 0.5) is 0 Å². The van der Waals surface area contributed by atoms with Gasteiger partial charge < -0.3 is 10.7 Å². The van der Waals surface area contributed by atoms with Crippen molar-refractivity contribution in [2.45, 2.75) is 18.8 Å². The largest absolute Gasteiger partial charge is 0.369 e. The summed E-state index contributed by atoms with van der Waals surface area (Å²) in [6.45, 7) is 0. The van der Waals surface area contributed by atoms with Crippen molar-refractivity contribution in [3.8, 4) is 0 Å². The first kappa shape index (κ1) is 16.8. The summed E-state index contributed by atoms with van der Waals surface area (Å²) in [5.74, 6) is 0.0274. The average molecular weight is 332 g/mol. The molecule has 1 aliphatic rings. The van der Waals surface area contributed by atoms with E-state index in [-0.39, 0.29) is 29.8 Å². The van der Waals surface area contributed by atoms with Gasteiger partial charge in [-0.2, -0.15) is 5.10 Å². The molecule has 0 aliphatic heterocycles. The molecule has 0 bridgehead atoms. The molecule has 1 aromatic carbocycles. The number of H-pyrrole nitrogens is 1. The van der Waals surface area contributed by atoms with Gasteiger partial charge in [0.2, 0.25) is 11.5 Å². The van der Waals surface area contributed by atoms with Crippen LogP contribution in [0.15, 0.2) is 52.4 Å². The first-order valence-electron chi connectivity index (χ1n) is 7.07. The van der Waals surface area contributed by atoms with Gasteiger partial charge in [0, 0.05) is 17.3 Å². The predicted molar refractivity (Wildman–Crippen MR) is 93.4 cm³/mol. The van der Waals surface area contributed by atoms with Crippen LogP contribution >= 0.6 is 12.4 Å². The van der Waals surface area contributed by atoms with Crippen molar-refractivity contribution in [1.82, 2.24) is 10.4 Å². The molecule has 6 nitrogen and oxygen atoms in total. The van der Waals surface area contributed by atoms with E-state index in [2.05, 4.69) is 27.6 Å². The lowest BCUT2D eigenvalue weighted by Crippen LogP contribution is -2.30. The molecule has 1 atom stereocenters. The number of aromatic nitrogens is 1. The van der Waals surface area contributed by atoms with Crippen molar-refractivity contribution in [3.05, 3.63) is 69.6 Å². The highest BCUT2D eigenvalue weighted by atomic mass is 35.5. The van der Waals surface area contributed by atoms with E-state index in [9.17, 15) is 4.79 Å². The summed E-state index contributed by atoms with van der Waals surface area (Å²) >= 11 is 0. The number of fused-ring (bicyclic) bond motifs is 1. The standard InChI is InChI=1S/C16H17N5O.ClH/c17-16(18)21-20-14-9-11(10-4-2-1-3-5-10)8-13-12(14)6-7-15(22)19-13;/h1-7,11H,8-9H2,(H,19,22)(H4,17,18,21);1H/b20-14-;. The Labute approximate surface area is 139 Å². The van der Waals surface area contributed by atoms with E-state index in [0.29, 0.717) is 0 Å². The number of halogens is 1. The zero-order chi connectivity index (χ0) is 15.5. The first-order chi connectivity index (χ1) is 10.6. The van der Waals surface area contributed by atoms with Gasteiger partial charge in [-0.25, -0.2) is 5.43 Å². The minimum Gasteiger partial charge on any atom is -0.369 e. The molecule has 2 aromatic rings. The first-order valence-corrected chi connectivity index (χ1v) is 7.07. The number of hydrogen-bond acceptors (Lipinski definition) is 3. The highest BCUT2D eigenvalue weighted by molar-refractivity contribution is 6.03. The number of hydrazone groups is 1. The summed E-state index contributed by atoms with van der Waals surface area (Å²) in [7, 11) is 0. The lowest BCUT2D eigenvalue weighted by Gasteiger charge is -2.25. The molecule has 5 N–H and O–H groups in total. The molecule has 120 valence electrons. The second-order valence-corrected chi connectivity index (χ2v) is 5.31. The Kier molecular flexibility index (Phi) is 5.18. The molecule has 0 radical (unpaired) electrons. The van der Waals surface area contributed by atoms with Crippen molar-refractivity contribution < 1.29 is 0 Å². The average Bonchev–Trinajstić information content (AvgIpc) is 2.52. The van der Waals surface area contributed by atoms with E-state index < -0.39 is 0 Å². The van der Waals surface area contributed by atoms with E-state index in [1.165, 1.54) is 11.6 Å². The summed E-state index contributed by atoms with van der Waals surface area (Å²) in [6, 6.07) is 13.4. The van der Waals surface area contributed by atoms with E-state index in [1.54, 1.807) is 6.07 Å². The Bertz CT molecular complexity index is 785. The van der Waals surface area contributed by atoms with Crippen molar-refractivity contribution in [2.75, 3.05) is 0 Å². The maximum atomic E-state index is 11.6. The monoisotopic (exact) mass is 331 g/mol. The van der Waals surface area contributed by atoms with Crippen molar-refractivity contribution in [3.63, 3.8) is 0 Å². The molecule has 0 saturated heterocycles. The van der Waals surface area contributed by atoms with Gasteiger partial charge in [0.25, 0.3) is 0 Å². The molecule has 1 unspecified atom stereocenters. The molecule has 23 heavy (non-hydrogen) atoms. The predicted octanol–water partition coefficient (Wildman–Crippen LogP) is 1.71. The van der Waals surface area contributed by atoms with Crippen LogP contribution in [0.2, 0.25) is 0 Å². The molecule has 1 heterocycles. The third-order valence-electron chi connectivity index (χ3n) is 3.78. The summed E-state index contributed by atoms with van der Waals surface area (Å²) in [5, 5.41) is 11.5. The van der Waals surface area contributed by atoms with E-state index >= 15 is 0 Å². The zero-order valence-electron chi connectivity index (χ0n) is 12.4. The van der Waals surface area contributed by atoms with Crippen LogP contribution in [-0.2, 0) is 6.42 Å². The summed E-state index contributed by atoms with van der Waals surface area (Å²) in [5.41, 5.74) is 11.5. The fraction of sp³-hybridized carbons (Fsp3) is 0.188. The lowest BCUT2D eigenvalue weighted by atomic mass is 9.81. The number of rotatable bonds is 2. The maximum absolute atomic E-state index is 11.6. The SMILES string of the molecule is Cl.N=C(N)N/N=C1/CC(c2ccccc2)Cc2[nH]c(=O)ccc21. The molecule has 0 fully saturated rings. The zero-order valence-corrected chi connectivity index (χ0v) is 13.2. The molecule has 0 amide bonds. The number of aromatic amines is 1. The maximum Gasteiger partial charge on any atom is 0.248 e. The molecular weight excluding hydrogens is 314 g/mol. The van der Waals surface area contributed by atoms with Gasteiger partial charge in [-0.3, -0.25) is 10.2 Å². The van der Waals surface area contributed by atoms with Crippen LogP contribution in [0.25, 0.3) is 0 Å². The minimum absolute atomic E-state index is 0. The third kappa shape index (κ3) is 3.78. The number of benzene rings is 1. The summed E-state index contributed by atoms with van der Waals surface area (Å²) in [6.07, 6.45) is 1.48. The number of hydrogen-bond donors (Lipinski definition) is 4. The van der Waals surface area contributed by atoms with Gasteiger partial charge in [-0.1, -0.05) is 30.3 Å². The Morgan fingerprint density at radius 1 is 1.22 bits per heavy atom. The Balaban J connectivity index is 0.00000192. The van der Waals surface area contributed by atoms with E-state index in [4.69, 9.17) is 11.1 Å². The van der Waals surface area contributed by atoms with Crippen LogP contribution in [0.5, 0.6) is 0 Å². The van der Waals surface area contributed by atoms with Gasteiger partial charge in [0.1, 0.15) is 0 Å². The van der Waals surface area contributed by atoms with Gasteiger partial charge in [-0.05, 0) is 30.4 Å². The van der Waals surface area contributed by atoms with Crippen LogP contribution in [0.3, 0.4) is 0 Å². The molecule has 3 rings (SSSR count). The quantitative estimate of drug-likeness (QED) is 0.382. The Morgan fingerprint density at radius 3 is 2.65 bits per heavy atom. The number of guanidine groups is 1. The number of nitrogens with two attached hydrogens (primary N) is 1. The van der Waals surface area contributed by atoms with Crippen molar-refractivity contribution in [1.29, 1.82) is 5.41 Å². The normalized spacial score (nSPS) is 17.9. The number of nitrogens with zero attached hydrogens (tertiary/aromatic N) is 1. The van der Waals surface area contributed by atoms with Crippen LogP contribution in [0.1, 0.15) is 29.2 Å². The van der Waals surface area contributed by atoms with Crippen molar-refractivity contribution in [2.24, 2.45) is 10.8 Å². The Morgan fingerprint density at radius 2 is 1.96 bits per heavy atom. The fourth-order valence-electron chi connectivity index (χ4n) is 2.81. The Hall–Kier alpha value is -2.60. The van der Waals surface area contributed by atoms with Gasteiger partial charge in [-0.15, -0.1) is 12.4 Å². The summed E-state index contributed by atoms with van der Waals surface area (Å²) < 4.78 is 0. The summed E-state index contributed by atoms with van der Waals surface area (Å²) in [4.78, 5) is 14.5. The second kappa shape index (κ2) is 7.11. The van der Waals surface area contributed by atoms with Crippen LogP contribution < -0.4 is 16.7 Å². The van der Waals surface area contributed by atoms with Crippen molar-refractivity contribution >= 4 is 24.1 Å². The highest BCUT2D eigenvalue weighted by Crippen LogP contribution is 2.31. The topological polar surface area (TPSA) is 107 Å². The molecule has 0 saturated carbocycles. The van der Waals surface area contributed by atoms with Gasteiger partial charge in [0.05, 0.1) is 5.71 Å². The number of nitrogens with one attached hydrogen (secondary N) is 3. The van der Waals surface area contributed by atoms with Gasteiger partial charge >= 0.3 is 0 Å². The highest BCUT2D eigenvalue weighted by Gasteiger charge is 2.25. The van der Waals surface area contributed by atoms with E-state index in [1.807, 2.05) is 18.2 Å². The fourth-order valence-corrected chi connectivity index (χ4v) is 2.81. The lowest BCUT2D eigenvalue weighted by molar-refractivity contribution is 0.674.